The van der Waals surface area contributed by atoms with Gasteiger partial charge in [-0.15, -0.1) is 0 Å². The van der Waals surface area contributed by atoms with Gasteiger partial charge < -0.3 is 14.7 Å². The van der Waals surface area contributed by atoms with E-state index in [0.717, 1.165) is 30.8 Å². The summed E-state index contributed by atoms with van der Waals surface area (Å²) >= 11 is 6.29. The van der Waals surface area contributed by atoms with Crippen molar-refractivity contribution in [3.8, 4) is 11.4 Å². The van der Waals surface area contributed by atoms with Crippen LogP contribution in [0.1, 0.15) is 24.6 Å². The predicted molar refractivity (Wildman–Crippen MR) is 114 cm³/mol. The normalized spacial score (nSPS) is 16.0. The molecule has 1 fully saturated rings. The van der Waals surface area contributed by atoms with Crippen molar-refractivity contribution >= 4 is 29.2 Å². The smallest absolute Gasteiger partial charge is 0.229 e. The van der Waals surface area contributed by atoms with Gasteiger partial charge in [0.1, 0.15) is 22.5 Å². The molecule has 0 bridgehead atoms. The molecule has 1 N–H and O–H groups in total. The molecule has 0 radical (unpaired) electrons. The number of aromatic nitrogens is 5. The van der Waals surface area contributed by atoms with Crippen LogP contribution in [0.4, 0.5) is 17.6 Å². The number of anilines is 3. The summed E-state index contributed by atoms with van der Waals surface area (Å²) in [7, 11) is 0. The molecule has 0 aromatic carbocycles. The maximum atomic E-state index is 6.29. The number of pyridine rings is 2. The predicted octanol–water partition coefficient (Wildman–Crippen LogP) is 4.66. The SMILES string of the molecule is Clc1cc(Nc2ccccn2)nc(N2CCC[C@H]2c2cc(-c3ccccn3)no2)n1. The third-order valence-electron chi connectivity index (χ3n) is 4.90. The molecule has 0 unspecified atom stereocenters. The maximum Gasteiger partial charge on any atom is 0.229 e. The molecule has 4 aromatic heterocycles. The summed E-state index contributed by atoms with van der Waals surface area (Å²) in [4.78, 5) is 19.8. The Morgan fingerprint density at radius 1 is 0.967 bits per heavy atom. The Labute approximate surface area is 178 Å². The largest absolute Gasteiger partial charge is 0.358 e. The molecule has 1 aliphatic rings. The topological polar surface area (TPSA) is 92.9 Å². The van der Waals surface area contributed by atoms with Crippen molar-refractivity contribution in [2.45, 2.75) is 18.9 Å². The molecule has 1 atom stereocenters. The van der Waals surface area contributed by atoms with Gasteiger partial charge in [0.05, 0.1) is 11.7 Å². The average molecular weight is 420 g/mol. The molecule has 8 nitrogen and oxygen atoms in total. The number of hydrogen-bond acceptors (Lipinski definition) is 8. The number of rotatable bonds is 5. The van der Waals surface area contributed by atoms with E-state index in [9.17, 15) is 0 Å². The monoisotopic (exact) mass is 419 g/mol. The van der Waals surface area contributed by atoms with Crippen molar-refractivity contribution < 1.29 is 4.52 Å². The van der Waals surface area contributed by atoms with Crippen molar-refractivity contribution in [3.05, 3.63) is 71.8 Å². The average Bonchev–Trinajstić information content (AvgIpc) is 3.44. The second-order valence-electron chi connectivity index (χ2n) is 6.90. The summed E-state index contributed by atoms with van der Waals surface area (Å²) in [5, 5.41) is 7.73. The van der Waals surface area contributed by atoms with Gasteiger partial charge >= 0.3 is 0 Å². The van der Waals surface area contributed by atoms with Gasteiger partial charge in [-0.3, -0.25) is 4.98 Å². The molecule has 4 aromatic rings. The minimum atomic E-state index is -0.0175. The highest BCUT2D eigenvalue weighted by Crippen LogP contribution is 2.36. The molecule has 0 amide bonds. The minimum absolute atomic E-state index is 0.0175. The van der Waals surface area contributed by atoms with Crippen LogP contribution in [0, 0.1) is 0 Å². The second kappa shape index (κ2) is 8.08. The Morgan fingerprint density at radius 3 is 2.63 bits per heavy atom. The molecule has 9 heteroatoms. The van der Waals surface area contributed by atoms with Crippen LogP contribution >= 0.6 is 11.6 Å². The zero-order valence-corrected chi connectivity index (χ0v) is 16.7. The summed E-state index contributed by atoms with van der Waals surface area (Å²) in [5.74, 6) is 2.57. The van der Waals surface area contributed by atoms with Crippen molar-refractivity contribution in [1.29, 1.82) is 0 Å². The fourth-order valence-electron chi connectivity index (χ4n) is 3.55. The van der Waals surface area contributed by atoms with Crippen LogP contribution in [0.15, 0.2) is 65.4 Å². The Bertz CT molecular complexity index is 1140. The molecular weight excluding hydrogens is 402 g/mol. The summed E-state index contributed by atoms with van der Waals surface area (Å²) in [6, 6.07) is 14.9. The van der Waals surface area contributed by atoms with Gasteiger partial charge in [-0.25, -0.2) is 9.97 Å². The lowest BCUT2D eigenvalue weighted by Gasteiger charge is -2.23. The van der Waals surface area contributed by atoms with Crippen LogP contribution in [0.25, 0.3) is 11.4 Å². The minimum Gasteiger partial charge on any atom is -0.358 e. The van der Waals surface area contributed by atoms with Gasteiger partial charge in [0.15, 0.2) is 5.76 Å². The molecule has 5 rings (SSSR count). The van der Waals surface area contributed by atoms with Crippen molar-refractivity contribution in [1.82, 2.24) is 25.1 Å². The van der Waals surface area contributed by atoms with Crippen molar-refractivity contribution in [3.63, 3.8) is 0 Å². The third kappa shape index (κ3) is 3.81. The van der Waals surface area contributed by atoms with Gasteiger partial charge in [0.2, 0.25) is 5.95 Å². The lowest BCUT2D eigenvalue weighted by Crippen LogP contribution is -2.24. The lowest BCUT2D eigenvalue weighted by atomic mass is 10.1. The number of nitrogens with one attached hydrogen (secondary N) is 1. The Kier molecular flexibility index (Phi) is 4.98. The highest BCUT2D eigenvalue weighted by Gasteiger charge is 2.32. The van der Waals surface area contributed by atoms with Gasteiger partial charge in [0, 0.05) is 31.1 Å². The van der Waals surface area contributed by atoms with E-state index in [-0.39, 0.29) is 6.04 Å². The zero-order valence-electron chi connectivity index (χ0n) is 15.9. The molecule has 5 heterocycles. The molecule has 30 heavy (non-hydrogen) atoms. The highest BCUT2D eigenvalue weighted by atomic mass is 35.5. The fraction of sp³-hybridized carbons (Fsp3) is 0.190. The van der Waals surface area contributed by atoms with Crippen LogP contribution in [-0.2, 0) is 0 Å². The molecule has 0 spiro atoms. The molecule has 1 saturated heterocycles. The number of halogens is 1. The van der Waals surface area contributed by atoms with Gasteiger partial charge in [-0.05, 0) is 37.1 Å². The van der Waals surface area contributed by atoms with Crippen molar-refractivity contribution in [2.24, 2.45) is 0 Å². The van der Waals surface area contributed by atoms with Crippen LogP contribution < -0.4 is 10.2 Å². The Hall–Kier alpha value is -3.52. The first-order valence-corrected chi connectivity index (χ1v) is 10.0. The molecule has 150 valence electrons. The molecule has 0 aliphatic carbocycles. The van der Waals surface area contributed by atoms with Crippen molar-refractivity contribution in [2.75, 3.05) is 16.8 Å². The zero-order chi connectivity index (χ0) is 20.3. The standard InChI is InChI=1S/C21H18ClN7O/c22-18-13-20(26-19-8-2-4-10-24-19)27-21(25-18)29-11-5-7-16(29)17-12-15(28-30-17)14-6-1-3-9-23-14/h1-4,6,8-10,12-13,16H,5,7,11H2,(H,24,25,26,27)/t16-/m0/s1. The van der Waals surface area contributed by atoms with Crippen LogP contribution in [-0.4, -0.2) is 31.6 Å². The number of nitrogens with zero attached hydrogens (tertiary/aromatic N) is 6. The summed E-state index contributed by atoms with van der Waals surface area (Å²) < 4.78 is 5.67. The van der Waals surface area contributed by atoms with Gasteiger partial charge in [-0.1, -0.05) is 28.9 Å². The summed E-state index contributed by atoms with van der Waals surface area (Å²) in [6.07, 6.45) is 5.35. The summed E-state index contributed by atoms with van der Waals surface area (Å²) in [5.41, 5.74) is 1.49. The number of hydrogen-bond donors (Lipinski definition) is 1. The first-order valence-electron chi connectivity index (χ1n) is 9.63. The van der Waals surface area contributed by atoms with E-state index in [1.165, 1.54) is 0 Å². The lowest BCUT2D eigenvalue weighted by molar-refractivity contribution is 0.362. The maximum absolute atomic E-state index is 6.29. The van der Waals surface area contributed by atoms with Gasteiger partial charge in [-0.2, -0.15) is 4.98 Å². The van der Waals surface area contributed by atoms with E-state index in [2.05, 4.69) is 35.3 Å². The van der Waals surface area contributed by atoms with E-state index in [1.54, 1.807) is 18.5 Å². The Balaban J connectivity index is 1.42. The van der Waals surface area contributed by atoms with E-state index in [0.29, 0.717) is 28.4 Å². The van der Waals surface area contributed by atoms with Gasteiger partial charge in [0.25, 0.3) is 0 Å². The molecule has 0 saturated carbocycles. The highest BCUT2D eigenvalue weighted by molar-refractivity contribution is 6.29. The summed E-state index contributed by atoms with van der Waals surface area (Å²) in [6.45, 7) is 0.799. The van der Waals surface area contributed by atoms with Crippen LogP contribution in [0.2, 0.25) is 5.15 Å². The molecule has 1 aliphatic heterocycles. The quantitative estimate of drug-likeness (QED) is 0.467. The Morgan fingerprint density at radius 2 is 1.83 bits per heavy atom. The second-order valence-corrected chi connectivity index (χ2v) is 7.28. The van der Waals surface area contributed by atoms with E-state index >= 15 is 0 Å². The van der Waals surface area contributed by atoms with E-state index in [1.807, 2.05) is 42.5 Å². The van der Waals surface area contributed by atoms with E-state index in [4.69, 9.17) is 16.1 Å². The first-order chi connectivity index (χ1) is 14.8. The van der Waals surface area contributed by atoms with Crippen LogP contribution in [0.5, 0.6) is 0 Å². The van der Waals surface area contributed by atoms with E-state index < -0.39 is 0 Å². The fourth-order valence-corrected chi connectivity index (χ4v) is 3.73. The third-order valence-corrected chi connectivity index (χ3v) is 5.09. The first kappa shape index (κ1) is 18.5. The van der Waals surface area contributed by atoms with Crippen LogP contribution in [0.3, 0.4) is 0 Å². The molecular formula is C21H18ClN7O.